The molecule has 2 heterocycles. The van der Waals surface area contributed by atoms with Gasteiger partial charge in [-0.15, -0.1) is 11.3 Å². The van der Waals surface area contributed by atoms with Crippen molar-refractivity contribution in [3.05, 3.63) is 46.8 Å². The van der Waals surface area contributed by atoms with Gasteiger partial charge in [0, 0.05) is 17.3 Å². The Hall–Kier alpha value is -2.64. The van der Waals surface area contributed by atoms with Gasteiger partial charge in [-0.05, 0) is 42.5 Å². The van der Waals surface area contributed by atoms with Gasteiger partial charge in [0.05, 0.1) is 24.3 Å². The highest BCUT2D eigenvalue weighted by atomic mass is 32.1. The number of nitrogens with one attached hydrogen (secondary N) is 2. The number of aromatic amines is 1. The van der Waals surface area contributed by atoms with E-state index in [9.17, 15) is 14.7 Å². The van der Waals surface area contributed by atoms with E-state index in [2.05, 4.69) is 27.2 Å². The minimum atomic E-state index is -1.04. The van der Waals surface area contributed by atoms with E-state index >= 15 is 0 Å². The Morgan fingerprint density at radius 3 is 2.81 bits per heavy atom. The maximum absolute atomic E-state index is 12.3. The van der Waals surface area contributed by atoms with Gasteiger partial charge in [0.15, 0.2) is 6.04 Å². The van der Waals surface area contributed by atoms with Crippen molar-refractivity contribution < 1.29 is 19.4 Å². The topological polar surface area (TPSA) is 91.4 Å². The summed E-state index contributed by atoms with van der Waals surface area (Å²) in [4.78, 5) is 28.4. The summed E-state index contributed by atoms with van der Waals surface area (Å²) in [5, 5.41) is 14.9. The van der Waals surface area contributed by atoms with Crippen LogP contribution in [0.4, 0.5) is 0 Å². The molecule has 0 fully saturated rings. The fourth-order valence-electron chi connectivity index (χ4n) is 3.08. The highest BCUT2D eigenvalue weighted by Gasteiger charge is 2.21. The van der Waals surface area contributed by atoms with Crippen LogP contribution in [-0.2, 0) is 20.7 Å². The van der Waals surface area contributed by atoms with Gasteiger partial charge in [-0.2, -0.15) is 0 Å². The maximum atomic E-state index is 12.3. The predicted octanol–water partition coefficient (Wildman–Crippen LogP) is 2.79. The average molecular weight is 386 g/mol. The Kier molecular flexibility index (Phi) is 5.93. The number of aromatic nitrogens is 1. The van der Waals surface area contributed by atoms with E-state index < -0.39 is 18.6 Å². The molecule has 3 aromatic rings. The van der Waals surface area contributed by atoms with Crippen LogP contribution in [0, 0.1) is 6.92 Å². The molecule has 0 bridgehead atoms. The number of amides is 1. The molecule has 0 radical (unpaired) electrons. The zero-order chi connectivity index (χ0) is 19.4. The molecule has 0 spiro atoms. The summed E-state index contributed by atoms with van der Waals surface area (Å²) in [6, 6.07) is 9.21. The Balaban J connectivity index is 1.83. The van der Waals surface area contributed by atoms with Crippen molar-refractivity contribution >= 4 is 34.1 Å². The number of methoxy groups -OCH3 is 1. The van der Waals surface area contributed by atoms with E-state index in [-0.39, 0.29) is 12.3 Å². The second-order valence-electron chi connectivity index (χ2n) is 6.33. The second-order valence-corrected chi connectivity index (χ2v) is 7.28. The van der Waals surface area contributed by atoms with Crippen molar-refractivity contribution in [1.29, 1.82) is 0 Å². The van der Waals surface area contributed by atoms with Crippen LogP contribution in [-0.4, -0.2) is 41.7 Å². The van der Waals surface area contributed by atoms with Crippen molar-refractivity contribution in [3.63, 3.8) is 0 Å². The van der Waals surface area contributed by atoms with E-state index in [4.69, 9.17) is 0 Å². The van der Waals surface area contributed by atoms with Gasteiger partial charge in [0.2, 0.25) is 5.91 Å². The first-order valence-corrected chi connectivity index (χ1v) is 9.54. The molecule has 0 saturated heterocycles. The van der Waals surface area contributed by atoms with E-state index in [0.717, 1.165) is 32.6 Å². The van der Waals surface area contributed by atoms with Gasteiger partial charge < -0.3 is 20.1 Å². The van der Waals surface area contributed by atoms with E-state index in [1.54, 1.807) is 11.3 Å². The van der Waals surface area contributed by atoms with Crippen LogP contribution in [0.3, 0.4) is 0 Å². The van der Waals surface area contributed by atoms with E-state index in [1.807, 2.05) is 30.5 Å². The molecule has 2 aromatic heterocycles. The van der Waals surface area contributed by atoms with Crippen LogP contribution in [0.5, 0.6) is 0 Å². The fraction of sp³-hybridized carbons (Fsp3) is 0.300. The third kappa shape index (κ3) is 4.20. The number of ether oxygens (including phenoxy) is 1. The van der Waals surface area contributed by atoms with Crippen molar-refractivity contribution in [2.75, 3.05) is 13.7 Å². The van der Waals surface area contributed by atoms with Gasteiger partial charge in [0.1, 0.15) is 0 Å². The Morgan fingerprint density at radius 1 is 1.33 bits per heavy atom. The van der Waals surface area contributed by atoms with Crippen molar-refractivity contribution in [3.8, 4) is 10.6 Å². The largest absolute Gasteiger partial charge is 0.467 e. The summed E-state index contributed by atoms with van der Waals surface area (Å²) in [6.07, 6.45) is 0.717. The fourth-order valence-corrected chi connectivity index (χ4v) is 3.83. The molecule has 142 valence electrons. The van der Waals surface area contributed by atoms with Gasteiger partial charge in [-0.3, -0.25) is 4.79 Å². The minimum Gasteiger partial charge on any atom is -0.467 e. The number of H-pyrrole nitrogens is 1. The number of carbonyl (C=O) groups is 2. The molecule has 1 amide bonds. The number of aliphatic hydroxyl groups excluding tert-OH is 1. The average Bonchev–Trinajstić information content (AvgIpc) is 3.31. The zero-order valence-corrected chi connectivity index (χ0v) is 16.1. The standard InChI is InChI=1S/C20H22N2O4S/c1-12-5-7-15-14(10-12)13(19(22-15)17-4-3-9-27-17)6-8-18(24)21-16(11-23)20(25)26-2/h3-5,7,9-10,16,22-23H,6,8,11H2,1-2H3,(H,21,24)/t16-/m1/s1. The summed E-state index contributed by atoms with van der Waals surface area (Å²) in [7, 11) is 1.22. The summed E-state index contributed by atoms with van der Waals surface area (Å²) in [5.41, 5.74) is 4.27. The van der Waals surface area contributed by atoms with Crippen LogP contribution in [0.2, 0.25) is 0 Å². The number of carbonyl (C=O) groups excluding carboxylic acids is 2. The number of aryl methyl sites for hydroxylation is 2. The number of aliphatic hydroxyl groups is 1. The zero-order valence-electron chi connectivity index (χ0n) is 15.2. The normalized spacial score (nSPS) is 12.1. The quantitative estimate of drug-likeness (QED) is 0.545. The lowest BCUT2D eigenvalue weighted by molar-refractivity contribution is -0.146. The molecular formula is C20H22N2O4S. The van der Waals surface area contributed by atoms with Gasteiger partial charge in [0.25, 0.3) is 0 Å². The Morgan fingerprint density at radius 2 is 2.15 bits per heavy atom. The summed E-state index contributed by atoms with van der Waals surface area (Å²) < 4.78 is 4.58. The Labute approximate surface area is 161 Å². The summed E-state index contributed by atoms with van der Waals surface area (Å²) in [5.74, 6) is -0.966. The van der Waals surface area contributed by atoms with Crippen LogP contribution in [0.1, 0.15) is 17.5 Å². The number of thiophene rings is 1. The first-order chi connectivity index (χ1) is 13.0. The van der Waals surface area contributed by atoms with Crippen molar-refractivity contribution in [2.24, 2.45) is 0 Å². The predicted molar refractivity (Wildman–Crippen MR) is 106 cm³/mol. The monoisotopic (exact) mass is 386 g/mol. The number of rotatable bonds is 7. The van der Waals surface area contributed by atoms with Crippen LogP contribution >= 0.6 is 11.3 Å². The highest BCUT2D eigenvalue weighted by Crippen LogP contribution is 2.34. The summed E-state index contributed by atoms with van der Waals surface area (Å²) >= 11 is 1.64. The van der Waals surface area contributed by atoms with Crippen LogP contribution in [0.15, 0.2) is 35.7 Å². The molecule has 1 atom stereocenters. The number of fused-ring (bicyclic) bond motifs is 1. The maximum Gasteiger partial charge on any atom is 0.330 e. The van der Waals surface area contributed by atoms with Gasteiger partial charge in [-0.1, -0.05) is 17.7 Å². The van der Waals surface area contributed by atoms with Crippen LogP contribution < -0.4 is 5.32 Å². The van der Waals surface area contributed by atoms with Crippen molar-refractivity contribution in [2.45, 2.75) is 25.8 Å². The SMILES string of the molecule is COC(=O)[C@@H](CO)NC(=O)CCc1c(-c2cccs2)[nH]c2ccc(C)cc12. The smallest absolute Gasteiger partial charge is 0.330 e. The summed E-state index contributed by atoms with van der Waals surface area (Å²) in [6.45, 7) is 1.54. The molecule has 0 aliphatic heterocycles. The lowest BCUT2D eigenvalue weighted by atomic mass is 10.0. The third-order valence-corrected chi connectivity index (χ3v) is 5.32. The molecule has 7 heteroatoms. The second kappa shape index (κ2) is 8.37. The van der Waals surface area contributed by atoms with Crippen molar-refractivity contribution in [1.82, 2.24) is 10.3 Å². The third-order valence-electron chi connectivity index (χ3n) is 4.43. The highest BCUT2D eigenvalue weighted by molar-refractivity contribution is 7.13. The molecular weight excluding hydrogens is 364 g/mol. The number of benzene rings is 1. The molecule has 1 aromatic carbocycles. The molecule has 3 N–H and O–H groups in total. The van der Waals surface area contributed by atoms with Gasteiger partial charge >= 0.3 is 5.97 Å². The van der Waals surface area contributed by atoms with E-state index in [1.165, 1.54) is 7.11 Å². The lowest BCUT2D eigenvalue weighted by Gasteiger charge is -2.13. The molecule has 0 aliphatic carbocycles. The molecule has 0 unspecified atom stereocenters. The minimum absolute atomic E-state index is 0.201. The molecule has 0 aliphatic rings. The van der Waals surface area contributed by atoms with Crippen LogP contribution in [0.25, 0.3) is 21.5 Å². The molecule has 27 heavy (non-hydrogen) atoms. The number of hydrogen-bond acceptors (Lipinski definition) is 5. The number of hydrogen-bond donors (Lipinski definition) is 3. The first-order valence-electron chi connectivity index (χ1n) is 8.66. The van der Waals surface area contributed by atoms with E-state index in [0.29, 0.717) is 6.42 Å². The molecule has 0 saturated carbocycles. The lowest BCUT2D eigenvalue weighted by Crippen LogP contribution is -2.44. The molecule has 3 rings (SSSR count). The number of esters is 1. The first kappa shape index (κ1) is 19.1. The molecule has 6 nitrogen and oxygen atoms in total. The van der Waals surface area contributed by atoms with Gasteiger partial charge in [-0.25, -0.2) is 4.79 Å². The Bertz CT molecular complexity index is 946.